The highest BCUT2D eigenvalue weighted by molar-refractivity contribution is 6.10. The lowest BCUT2D eigenvalue weighted by molar-refractivity contribution is -0.122. The molecule has 2 aromatic rings. The smallest absolute Gasteiger partial charge is 0.235 e. The van der Waals surface area contributed by atoms with E-state index in [9.17, 15) is 19.6 Å². The van der Waals surface area contributed by atoms with Crippen molar-refractivity contribution < 1.29 is 14.4 Å². The van der Waals surface area contributed by atoms with E-state index in [0.29, 0.717) is 16.8 Å². The van der Waals surface area contributed by atoms with Crippen molar-refractivity contribution in [3.05, 3.63) is 65.7 Å². The number of fused-ring (bicyclic) bond motifs is 1. The number of hydrogen-bond donors (Lipinski definition) is 2. The fraction of sp³-hybridized carbons (Fsp3) is 0.158. The molecule has 3 N–H and O–H groups in total. The molecule has 0 bridgehead atoms. The van der Waals surface area contributed by atoms with Crippen LogP contribution in [0.5, 0.6) is 0 Å². The number of nitrogens with zero attached hydrogens (tertiary/aromatic N) is 1. The van der Waals surface area contributed by atoms with Gasteiger partial charge < -0.3 is 11.1 Å². The Labute approximate surface area is 144 Å². The van der Waals surface area contributed by atoms with Crippen molar-refractivity contribution in [2.45, 2.75) is 5.92 Å². The Morgan fingerprint density at radius 2 is 1.72 bits per heavy atom. The van der Waals surface area contributed by atoms with E-state index in [4.69, 9.17) is 5.73 Å². The number of nitrogens with two attached hydrogens (primary N) is 1. The summed E-state index contributed by atoms with van der Waals surface area (Å²) in [5.41, 5.74) is 6.84. The minimum atomic E-state index is -1.41. The normalized spacial score (nSPS) is 17.7. The van der Waals surface area contributed by atoms with E-state index in [0.717, 1.165) is 0 Å². The molecule has 0 aliphatic carbocycles. The number of ketones is 1. The van der Waals surface area contributed by atoms with Gasteiger partial charge in [-0.2, -0.15) is 5.26 Å². The zero-order valence-electron chi connectivity index (χ0n) is 13.2. The Balaban J connectivity index is 2.12. The Morgan fingerprint density at radius 1 is 1.08 bits per heavy atom. The van der Waals surface area contributed by atoms with Gasteiger partial charge in [-0.3, -0.25) is 14.4 Å². The number of nitrogens with one attached hydrogen (secondary N) is 1. The van der Waals surface area contributed by atoms with E-state index in [1.165, 1.54) is 0 Å². The van der Waals surface area contributed by atoms with Crippen molar-refractivity contribution >= 4 is 23.3 Å². The molecule has 6 nitrogen and oxygen atoms in total. The molecule has 0 spiro atoms. The van der Waals surface area contributed by atoms with E-state index < -0.39 is 35.4 Å². The Kier molecular flexibility index (Phi) is 4.31. The van der Waals surface area contributed by atoms with Crippen molar-refractivity contribution in [1.29, 1.82) is 5.26 Å². The maximum Gasteiger partial charge on any atom is 0.235 e. The van der Waals surface area contributed by atoms with Crippen molar-refractivity contribution in [3.63, 3.8) is 0 Å². The van der Waals surface area contributed by atoms with Gasteiger partial charge in [0.2, 0.25) is 11.8 Å². The van der Waals surface area contributed by atoms with Crippen LogP contribution in [-0.4, -0.2) is 17.6 Å². The summed E-state index contributed by atoms with van der Waals surface area (Å²) in [7, 11) is 0. The van der Waals surface area contributed by atoms with Crippen LogP contribution in [0.15, 0.2) is 54.6 Å². The Morgan fingerprint density at radius 3 is 2.36 bits per heavy atom. The molecule has 1 aliphatic rings. The van der Waals surface area contributed by atoms with Crippen molar-refractivity contribution in [3.8, 4) is 6.07 Å². The van der Waals surface area contributed by atoms with Crippen LogP contribution in [0.1, 0.15) is 21.8 Å². The summed E-state index contributed by atoms with van der Waals surface area (Å²) in [6.45, 7) is 0. The third kappa shape index (κ3) is 2.88. The number of nitriles is 1. The molecule has 1 heterocycles. The van der Waals surface area contributed by atoms with Gasteiger partial charge in [0.1, 0.15) is 5.92 Å². The minimum absolute atomic E-state index is 0.325. The molecule has 0 saturated carbocycles. The van der Waals surface area contributed by atoms with E-state index in [1.54, 1.807) is 60.7 Å². The molecule has 3 atom stereocenters. The Bertz CT molecular complexity index is 886. The number of para-hydroxylation sites is 1. The number of anilines is 1. The standard InChI is InChI=1S/C19H15N3O3/c20-10-13(18(21)24)15(17(23)11-6-2-1-3-7-11)16-12-8-4-5-9-14(12)22-19(16)25/h1-9,13,15-16H,(H2,21,24)(H,22,25). The van der Waals surface area contributed by atoms with Gasteiger partial charge in [-0.25, -0.2) is 0 Å². The first-order chi connectivity index (χ1) is 12.0. The highest BCUT2D eigenvalue weighted by atomic mass is 16.2. The first-order valence-electron chi connectivity index (χ1n) is 7.72. The van der Waals surface area contributed by atoms with Crippen molar-refractivity contribution in [2.24, 2.45) is 17.6 Å². The molecule has 3 rings (SSSR count). The summed E-state index contributed by atoms with van der Waals surface area (Å²) in [6.07, 6.45) is 0. The molecule has 2 aromatic carbocycles. The van der Waals surface area contributed by atoms with Gasteiger partial charge in [0.15, 0.2) is 5.78 Å². The van der Waals surface area contributed by atoms with Gasteiger partial charge in [-0.1, -0.05) is 48.5 Å². The second-order valence-electron chi connectivity index (χ2n) is 5.82. The molecule has 3 unspecified atom stereocenters. The lowest BCUT2D eigenvalue weighted by Gasteiger charge is -2.24. The number of primary amides is 1. The zero-order valence-corrected chi connectivity index (χ0v) is 13.2. The summed E-state index contributed by atoms with van der Waals surface area (Å²) >= 11 is 0. The summed E-state index contributed by atoms with van der Waals surface area (Å²) in [5.74, 6) is -5.34. The van der Waals surface area contributed by atoms with E-state index in [-0.39, 0.29) is 0 Å². The average molecular weight is 333 g/mol. The molecule has 1 aliphatic heterocycles. The second kappa shape index (κ2) is 6.57. The molecular formula is C19H15N3O3. The number of rotatable bonds is 5. The largest absolute Gasteiger partial charge is 0.369 e. The van der Waals surface area contributed by atoms with Crippen molar-refractivity contribution in [2.75, 3.05) is 5.32 Å². The number of carbonyl (C=O) groups excluding carboxylic acids is 3. The summed E-state index contributed by atoms with van der Waals surface area (Å²) in [5, 5.41) is 12.1. The average Bonchev–Trinajstić information content (AvgIpc) is 2.95. The number of hydrogen-bond acceptors (Lipinski definition) is 4. The van der Waals surface area contributed by atoms with Gasteiger partial charge >= 0.3 is 0 Å². The molecule has 6 heteroatoms. The lowest BCUT2D eigenvalue weighted by atomic mass is 9.74. The SMILES string of the molecule is N#CC(C(N)=O)C(C(=O)c1ccccc1)C1C(=O)Nc2ccccc21. The second-order valence-corrected chi connectivity index (χ2v) is 5.82. The predicted octanol–water partition coefficient (Wildman–Crippen LogP) is 1.85. The van der Waals surface area contributed by atoms with Gasteiger partial charge in [-0.05, 0) is 11.6 Å². The van der Waals surface area contributed by atoms with Crippen LogP contribution in [0, 0.1) is 23.2 Å². The molecule has 0 aromatic heterocycles. The quantitative estimate of drug-likeness (QED) is 0.813. The van der Waals surface area contributed by atoms with Gasteiger partial charge in [-0.15, -0.1) is 0 Å². The summed E-state index contributed by atoms with van der Waals surface area (Å²) in [4.78, 5) is 37.4. The molecular weight excluding hydrogens is 318 g/mol. The third-order valence-corrected chi connectivity index (χ3v) is 4.36. The van der Waals surface area contributed by atoms with Crippen LogP contribution in [0.3, 0.4) is 0 Å². The van der Waals surface area contributed by atoms with E-state index >= 15 is 0 Å². The zero-order chi connectivity index (χ0) is 18.0. The van der Waals surface area contributed by atoms with Crippen LogP contribution >= 0.6 is 0 Å². The fourth-order valence-corrected chi connectivity index (χ4v) is 3.20. The van der Waals surface area contributed by atoms with Crippen LogP contribution in [0.4, 0.5) is 5.69 Å². The van der Waals surface area contributed by atoms with Crippen molar-refractivity contribution in [1.82, 2.24) is 0 Å². The van der Waals surface area contributed by atoms with E-state index in [1.807, 2.05) is 0 Å². The van der Waals surface area contributed by atoms with Crippen LogP contribution in [0.2, 0.25) is 0 Å². The lowest BCUT2D eigenvalue weighted by Crippen LogP contribution is -2.39. The molecule has 2 amide bonds. The third-order valence-electron chi connectivity index (χ3n) is 4.36. The van der Waals surface area contributed by atoms with Gasteiger partial charge in [0, 0.05) is 11.3 Å². The number of carbonyl (C=O) groups is 3. The summed E-state index contributed by atoms with van der Waals surface area (Å²) < 4.78 is 0. The topological polar surface area (TPSA) is 113 Å². The number of Topliss-reactive ketones (excluding diaryl/α,β-unsaturated/α-hetero) is 1. The van der Waals surface area contributed by atoms with E-state index in [2.05, 4.69) is 5.32 Å². The summed E-state index contributed by atoms with van der Waals surface area (Å²) in [6, 6.07) is 17.0. The van der Waals surface area contributed by atoms with Crippen LogP contribution in [-0.2, 0) is 9.59 Å². The molecule has 25 heavy (non-hydrogen) atoms. The highest BCUT2D eigenvalue weighted by Gasteiger charge is 2.46. The maximum absolute atomic E-state index is 13.1. The first kappa shape index (κ1) is 16.4. The Hall–Kier alpha value is -3.46. The van der Waals surface area contributed by atoms with Gasteiger partial charge in [0.05, 0.1) is 17.9 Å². The number of benzene rings is 2. The molecule has 0 fully saturated rings. The molecule has 0 radical (unpaired) electrons. The monoisotopic (exact) mass is 333 g/mol. The fourth-order valence-electron chi connectivity index (χ4n) is 3.20. The molecule has 124 valence electrons. The molecule has 0 saturated heterocycles. The van der Waals surface area contributed by atoms with Crippen LogP contribution in [0.25, 0.3) is 0 Å². The highest BCUT2D eigenvalue weighted by Crippen LogP contribution is 2.41. The maximum atomic E-state index is 13.1. The number of amides is 2. The minimum Gasteiger partial charge on any atom is -0.369 e. The first-order valence-corrected chi connectivity index (χ1v) is 7.72. The van der Waals surface area contributed by atoms with Gasteiger partial charge in [0.25, 0.3) is 0 Å². The van der Waals surface area contributed by atoms with Crippen LogP contribution < -0.4 is 11.1 Å². The predicted molar refractivity (Wildman–Crippen MR) is 90.4 cm³/mol.